The number of aldehydes is 1. The van der Waals surface area contributed by atoms with E-state index in [0.717, 1.165) is 11.8 Å². The summed E-state index contributed by atoms with van der Waals surface area (Å²) in [4.78, 5) is 11.0. The Labute approximate surface area is 124 Å². The molecule has 0 aliphatic rings. The number of carbonyl (C=O) groups is 1. The zero-order valence-corrected chi connectivity index (χ0v) is 12.0. The topological polar surface area (TPSA) is 44.8 Å². The minimum atomic E-state index is 0.389. The van der Waals surface area contributed by atoms with Gasteiger partial charge in [0, 0.05) is 0 Å². The lowest BCUT2D eigenvalue weighted by Gasteiger charge is -2.10. The molecule has 0 fully saturated rings. The van der Waals surface area contributed by atoms with E-state index in [0.29, 0.717) is 36.9 Å². The van der Waals surface area contributed by atoms with E-state index in [1.54, 1.807) is 25.3 Å². The van der Waals surface area contributed by atoms with Crippen LogP contribution in [-0.4, -0.2) is 26.6 Å². The standard InChI is InChI=1S/C17H18O4/c1-19-16-7-8-17(15(11-16)12-18)21-10-9-20-13-14-5-3-2-4-6-14/h2-8,11-12H,9-10,13H2,1H3. The normalized spacial score (nSPS) is 10.1. The van der Waals surface area contributed by atoms with Crippen molar-refractivity contribution in [3.63, 3.8) is 0 Å². The summed E-state index contributed by atoms with van der Waals surface area (Å²) in [6, 6.07) is 15.1. The van der Waals surface area contributed by atoms with E-state index in [9.17, 15) is 4.79 Å². The highest BCUT2D eigenvalue weighted by atomic mass is 16.5. The number of benzene rings is 2. The van der Waals surface area contributed by atoms with Crippen molar-refractivity contribution in [2.75, 3.05) is 20.3 Å². The van der Waals surface area contributed by atoms with E-state index in [1.807, 2.05) is 30.3 Å². The maximum Gasteiger partial charge on any atom is 0.153 e. The second-order valence-corrected chi connectivity index (χ2v) is 4.41. The molecule has 0 aromatic heterocycles. The van der Waals surface area contributed by atoms with E-state index in [-0.39, 0.29) is 0 Å². The van der Waals surface area contributed by atoms with Crippen LogP contribution in [0.4, 0.5) is 0 Å². The molecule has 0 N–H and O–H groups in total. The Morgan fingerprint density at radius 1 is 1.05 bits per heavy atom. The molecule has 0 spiro atoms. The van der Waals surface area contributed by atoms with Gasteiger partial charge in [-0.05, 0) is 23.8 Å². The van der Waals surface area contributed by atoms with Crippen molar-refractivity contribution in [3.8, 4) is 11.5 Å². The summed E-state index contributed by atoms with van der Waals surface area (Å²) < 4.78 is 16.1. The fourth-order valence-electron chi connectivity index (χ4n) is 1.85. The smallest absolute Gasteiger partial charge is 0.153 e. The van der Waals surface area contributed by atoms with Gasteiger partial charge in [0.1, 0.15) is 18.1 Å². The molecule has 2 rings (SSSR count). The molecule has 110 valence electrons. The van der Waals surface area contributed by atoms with Crippen LogP contribution in [0.2, 0.25) is 0 Å². The van der Waals surface area contributed by atoms with Crippen molar-refractivity contribution in [1.82, 2.24) is 0 Å². The van der Waals surface area contributed by atoms with E-state index in [1.165, 1.54) is 0 Å². The molecule has 4 nitrogen and oxygen atoms in total. The molecule has 0 bridgehead atoms. The molecule has 0 saturated heterocycles. The number of carbonyl (C=O) groups excluding carboxylic acids is 1. The van der Waals surface area contributed by atoms with Gasteiger partial charge in [0.05, 0.1) is 25.9 Å². The van der Waals surface area contributed by atoms with E-state index < -0.39 is 0 Å². The van der Waals surface area contributed by atoms with Crippen molar-refractivity contribution < 1.29 is 19.0 Å². The molecule has 0 aliphatic heterocycles. The van der Waals surface area contributed by atoms with Crippen LogP contribution in [0.15, 0.2) is 48.5 Å². The van der Waals surface area contributed by atoms with Crippen LogP contribution >= 0.6 is 0 Å². The highest BCUT2D eigenvalue weighted by molar-refractivity contribution is 5.80. The average molecular weight is 286 g/mol. The summed E-state index contributed by atoms with van der Waals surface area (Å²) in [6.45, 7) is 1.40. The largest absolute Gasteiger partial charge is 0.497 e. The minimum Gasteiger partial charge on any atom is -0.497 e. The first kappa shape index (κ1) is 15.1. The van der Waals surface area contributed by atoms with Crippen LogP contribution in [0.25, 0.3) is 0 Å². The summed E-state index contributed by atoms with van der Waals surface area (Å²) >= 11 is 0. The first-order chi connectivity index (χ1) is 10.3. The van der Waals surface area contributed by atoms with Gasteiger partial charge in [-0.2, -0.15) is 0 Å². The highest BCUT2D eigenvalue weighted by Gasteiger charge is 2.04. The molecule has 2 aromatic rings. The third-order valence-electron chi connectivity index (χ3n) is 2.94. The maximum atomic E-state index is 11.0. The van der Waals surface area contributed by atoms with Gasteiger partial charge < -0.3 is 14.2 Å². The first-order valence-electron chi connectivity index (χ1n) is 6.71. The first-order valence-corrected chi connectivity index (χ1v) is 6.71. The van der Waals surface area contributed by atoms with E-state index >= 15 is 0 Å². The summed E-state index contributed by atoms with van der Waals surface area (Å²) in [5.41, 5.74) is 1.59. The van der Waals surface area contributed by atoms with Gasteiger partial charge in [0.15, 0.2) is 6.29 Å². The van der Waals surface area contributed by atoms with Crippen molar-refractivity contribution in [2.24, 2.45) is 0 Å². The molecule has 0 aliphatic carbocycles. The number of ether oxygens (including phenoxy) is 3. The van der Waals surface area contributed by atoms with Gasteiger partial charge in [-0.25, -0.2) is 0 Å². The van der Waals surface area contributed by atoms with E-state index in [4.69, 9.17) is 14.2 Å². The lowest BCUT2D eigenvalue weighted by molar-refractivity contribution is 0.0882. The Hall–Kier alpha value is -2.33. The molecule has 0 atom stereocenters. The Balaban J connectivity index is 1.77. The monoisotopic (exact) mass is 286 g/mol. The fourth-order valence-corrected chi connectivity index (χ4v) is 1.85. The van der Waals surface area contributed by atoms with Crippen LogP contribution in [0.1, 0.15) is 15.9 Å². The molecule has 2 aromatic carbocycles. The zero-order chi connectivity index (χ0) is 14.9. The number of rotatable bonds is 8. The van der Waals surface area contributed by atoms with Crippen LogP contribution in [-0.2, 0) is 11.3 Å². The van der Waals surface area contributed by atoms with Crippen molar-refractivity contribution in [2.45, 2.75) is 6.61 Å². The van der Waals surface area contributed by atoms with Crippen LogP contribution in [0.5, 0.6) is 11.5 Å². The van der Waals surface area contributed by atoms with Gasteiger partial charge in [-0.15, -0.1) is 0 Å². The van der Waals surface area contributed by atoms with Crippen LogP contribution < -0.4 is 9.47 Å². The van der Waals surface area contributed by atoms with Crippen molar-refractivity contribution >= 4 is 6.29 Å². The predicted octanol–water partition coefficient (Wildman–Crippen LogP) is 3.10. The third-order valence-corrected chi connectivity index (χ3v) is 2.94. The maximum absolute atomic E-state index is 11.0. The number of methoxy groups -OCH3 is 1. The molecular weight excluding hydrogens is 268 g/mol. The number of hydrogen-bond donors (Lipinski definition) is 0. The predicted molar refractivity (Wildman–Crippen MR) is 80.0 cm³/mol. The molecule has 0 unspecified atom stereocenters. The van der Waals surface area contributed by atoms with Crippen LogP contribution in [0, 0.1) is 0 Å². The van der Waals surface area contributed by atoms with Crippen LogP contribution in [0.3, 0.4) is 0 Å². The lowest BCUT2D eigenvalue weighted by atomic mass is 10.2. The molecule has 0 amide bonds. The lowest BCUT2D eigenvalue weighted by Crippen LogP contribution is -2.08. The Morgan fingerprint density at radius 2 is 1.86 bits per heavy atom. The molecule has 21 heavy (non-hydrogen) atoms. The van der Waals surface area contributed by atoms with Gasteiger partial charge >= 0.3 is 0 Å². The summed E-state index contributed by atoms with van der Waals surface area (Å²) in [7, 11) is 1.56. The summed E-state index contributed by atoms with van der Waals surface area (Å²) in [5, 5.41) is 0. The molecule has 0 radical (unpaired) electrons. The van der Waals surface area contributed by atoms with Gasteiger partial charge in [0.25, 0.3) is 0 Å². The van der Waals surface area contributed by atoms with Crippen molar-refractivity contribution in [1.29, 1.82) is 0 Å². The summed E-state index contributed by atoms with van der Waals surface area (Å²) in [6.07, 6.45) is 0.753. The Bertz CT molecular complexity index is 566. The highest BCUT2D eigenvalue weighted by Crippen LogP contribution is 2.22. The van der Waals surface area contributed by atoms with Crippen molar-refractivity contribution in [3.05, 3.63) is 59.7 Å². The molecule has 0 heterocycles. The number of hydrogen-bond acceptors (Lipinski definition) is 4. The summed E-state index contributed by atoms with van der Waals surface area (Å²) in [5.74, 6) is 1.17. The van der Waals surface area contributed by atoms with E-state index in [2.05, 4.69) is 0 Å². The minimum absolute atomic E-state index is 0.389. The van der Waals surface area contributed by atoms with Gasteiger partial charge in [-0.1, -0.05) is 30.3 Å². The van der Waals surface area contributed by atoms with Gasteiger partial charge in [-0.3, -0.25) is 4.79 Å². The second-order valence-electron chi connectivity index (χ2n) is 4.41. The molecule has 4 heteroatoms. The fraction of sp³-hybridized carbons (Fsp3) is 0.235. The zero-order valence-electron chi connectivity index (χ0n) is 12.0. The SMILES string of the molecule is COc1ccc(OCCOCc2ccccc2)c(C=O)c1. The quantitative estimate of drug-likeness (QED) is 0.552. The molecular formula is C17H18O4. The van der Waals surface area contributed by atoms with Gasteiger partial charge in [0.2, 0.25) is 0 Å². The second kappa shape index (κ2) is 8.07. The third kappa shape index (κ3) is 4.61. The Morgan fingerprint density at radius 3 is 2.57 bits per heavy atom. The Kier molecular flexibility index (Phi) is 5.79. The average Bonchev–Trinajstić information content (AvgIpc) is 2.55. The molecule has 0 saturated carbocycles.